The number of halogens is 2. The summed E-state index contributed by atoms with van der Waals surface area (Å²) in [5.74, 6) is 0.971. The Morgan fingerprint density at radius 1 is 0.901 bits per heavy atom. The largest absolute Gasteiger partial charge is 0.508 e. The average molecular weight is 1120 g/mol. The molecular formula is C63H76F2N10O5S. The number of piperidine rings is 1. The number of anilines is 1. The van der Waals surface area contributed by atoms with Crippen molar-refractivity contribution in [3.8, 4) is 45.8 Å². The number of phenols is 1. The standard InChI is InChI=1S/C63H76F2N10O5S/c1-6-47-50(64)25-22-42-32-45(76)33-48(53(42)47)55-54(65)56-49(35-66-55)59(74-36-43-23-24-44(37-74)69-43)72-62(71-56)80-46-26-30-73(31-27-46)28-14-12-10-8-7-9-11-13-17-52(77)70-58(63(3,4)5)61(79)75-29-15-16-51(75)60(78)67-34-40-18-20-41(21-19-40)57-39(2)68-38-81-57/h1,18-22,25,32-33,35,38,43-44,46,51,58,69,76H,7-17,23-24,26-31,34,36-37H2,2-5H3,(H,67,78)(H,70,77)/t43?,44?,51-,58?/m0/s1. The van der Waals surface area contributed by atoms with Crippen LogP contribution in [0.2, 0.25) is 0 Å². The Balaban J connectivity index is 0.644. The molecule has 81 heavy (non-hydrogen) atoms. The van der Waals surface area contributed by atoms with Gasteiger partial charge in [0.05, 0.1) is 27.0 Å². The summed E-state index contributed by atoms with van der Waals surface area (Å²) in [5, 5.41) is 21.6. The molecule has 0 saturated carbocycles. The number of amides is 3. The third kappa shape index (κ3) is 13.4. The number of thiazole rings is 1. The molecule has 428 valence electrons. The molecule has 0 radical (unpaired) electrons. The molecule has 3 amide bonds. The summed E-state index contributed by atoms with van der Waals surface area (Å²) in [5.41, 5.74) is 4.42. The number of aryl methyl sites for hydroxylation is 1. The highest BCUT2D eigenvalue weighted by atomic mass is 32.1. The van der Waals surface area contributed by atoms with Crippen LogP contribution in [0.3, 0.4) is 0 Å². The Hall–Kier alpha value is -6.81. The molecule has 4 N–H and O–H groups in total. The van der Waals surface area contributed by atoms with Crippen LogP contribution >= 0.6 is 11.3 Å². The first-order valence-corrected chi connectivity index (χ1v) is 30.0. The average Bonchev–Trinajstić information content (AvgIpc) is 4.30. The second kappa shape index (κ2) is 25.5. The topological polar surface area (TPSA) is 178 Å². The first kappa shape index (κ1) is 57.4. The number of piperazine rings is 1. The molecule has 4 aliphatic rings. The van der Waals surface area contributed by atoms with Crippen LogP contribution in [-0.2, 0) is 20.9 Å². The normalized spacial score (nSPS) is 19.0. The summed E-state index contributed by atoms with van der Waals surface area (Å²) in [4.78, 5) is 66.8. The number of carbonyl (C=O) groups excluding carboxylic acids is 3. The number of nitrogens with zero attached hydrogens (tertiary/aromatic N) is 7. The van der Waals surface area contributed by atoms with Crippen LogP contribution in [0.15, 0.2) is 60.2 Å². The summed E-state index contributed by atoms with van der Waals surface area (Å²) in [6, 6.07) is 13.0. The number of phenolic OH excluding ortho intramolecular Hbond substituents is 1. The number of nitrogens with one attached hydrogen (secondary N) is 3. The van der Waals surface area contributed by atoms with Gasteiger partial charge in [-0.25, -0.2) is 13.8 Å². The Morgan fingerprint density at radius 3 is 2.31 bits per heavy atom. The number of terminal acetylenes is 1. The lowest BCUT2D eigenvalue weighted by Gasteiger charge is -2.35. The number of rotatable bonds is 21. The fourth-order valence-corrected chi connectivity index (χ4v) is 13.1. The summed E-state index contributed by atoms with van der Waals surface area (Å²) in [6.45, 7) is 12.9. The van der Waals surface area contributed by atoms with Crippen molar-refractivity contribution in [1.82, 2.24) is 45.7 Å². The number of aromatic hydroxyl groups is 1. The fourth-order valence-electron chi connectivity index (χ4n) is 12.3. The fraction of sp³-hybridized carbons (Fsp3) is 0.508. The van der Waals surface area contributed by atoms with Gasteiger partial charge in [-0.3, -0.25) is 19.4 Å². The van der Waals surface area contributed by atoms with Crippen LogP contribution in [0.1, 0.15) is 134 Å². The predicted octanol–water partition coefficient (Wildman–Crippen LogP) is 10.4. The Bertz CT molecular complexity index is 3270. The molecule has 2 bridgehead atoms. The molecule has 4 saturated heterocycles. The number of benzene rings is 3. The summed E-state index contributed by atoms with van der Waals surface area (Å²) in [7, 11) is 0. The van der Waals surface area contributed by atoms with E-state index in [4.69, 9.17) is 21.1 Å². The van der Waals surface area contributed by atoms with E-state index in [1.807, 2.05) is 57.5 Å². The molecule has 10 rings (SSSR count). The van der Waals surface area contributed by atoms with Crippen molar-refractivity contribution in [1.29, 1.82) is 0 Å². The van der Waals surface area contributed by atoms with Crippen molar-refractivity contribution in [2.45, 2.75) is 161 Å². The van der Waals surface area contributed by atoms with Gasteiger partial charge in [-0.15, -0.1) is 17.8 Å². The molecule has 0 spiro atoms. The van der Waals surface area contributed by atoms with E-state index in [-0.39, 0.29) is 63.3 Å². The van der Waals surface area contributed by atoms with Crippen molar-refractivity contribution < 1.29 is 33.0 Å². The van der Waals surface area contributed by atoms with Gasteiger partial charge in [0.25, 0.3) is 0 Å². The zero-order chi connectivity index (χ0) is 56.8. The molecule has 4 aliphatic heterocycles. The second-order valence-corrected chi connectivity index (χ2v) is 24.5. The van der Waals surface area contributed by atoms with E-state index in [2.05, 4.69) is 41.6 Å². The van der Waals surface area contributed by atoms with Gasteiger partial charge in [-0.1, -0.05) is 95.5 Å². The number of unbranched alkanes of at least 4 members (excludes halogenated alkanes) is 7. The van der Waals surface area contributed by atoms with Gasteiger partial charge in [-0.2, -0.15) is 9.97 Å². The first-order chi connectivity index (χ1) is 39.1. The van der Waals surface area contributed by atoms with E-state index in [9.17, 15) is 19.5 Å². The van der Waals surface area contributed by atoms with Crippen molar-refractivity contribution >= 4 is 56.6 Å². The Kier molecular flexibility index (Phi) is 18.1. The van der Waals surface area contributed by atoms with E-state index < -0.39 is 29.1 Å². The van der Waals surface area contributed by atoms with Crippen LogP contribution in [0, 0.1) is 36.3 Å². The SMILES string of the molecule is C#Cc1c(F)ccc2cc(O)cc(-c3ncc4c(N5CC6CCC(C5)N6)nc(OC5CCN(CCCCCCCCCCC(=O)NC(C(=O)N6CCC[C@H]6C(=O)NCc6ccc(-c7scnc7C)cc6)C(C)(C)C)CC5)nc4c3F)c12. The maximum Gasteiger partial charge on any atom is 0.319 e. The summed E-state index contributed by atoms with van der Waals surface area (Å²) >= 11 is 1.60. The highest BCUT2D eigenvalue weighted by Gasteiger charge is 2.42. The van der Waals surface area contributed by atoms with E-state index in [1.54, 1.807) is 22.4 Å². The first-order valence-electron chi connectivity index (χ1n) is 29.2. The molecule has 6 aromatic rings. The molecule has 4 atom stereocenters. The maximum absolute atomic E-state index is 17.1. The van der Waals surface area contributed by atoms with Gasteiger partial charge in [0.15, 0.2) is 5.82 Å². The number of likely N-dealkylation sites (tertiary alicyclic amines) is 2. The van der Waals surface area contributed by atoms with Crippen molar-refractivity contribution in [2.24, 2.45) is 5.41 Å². The van der Waals surface area contributed by atoms with Crippen molar-refractivity contribution in [3.05, 3.63) is 88.7 Å². The number of ether oxygens (including phenoxy) is 1. The maximum atomic E-state index is 17.1. The highest BCUT2D eigenvalue weighted by molar-refractivity contribution is 7.13. The Morgan fingerprint density at radius 2 is 1.62 bits per heavy atom. The quantitative estimate of drug-likeness (QED) is 0.0397. The van der Waals surface area contributed by atoms with Gasteiger partial charge in [0, 0.05) is 74.9 Å². The lowest BCUT2D eigenvalue weighted by atomic mass is 9.85. The number of hydrogen-bond donors (Lipinski definition) is 4. The molecule has 3 aromatic carbocycles. The number of pyridine rings is 1. The van der Waals surface area contributed by atoms with Gasteiger partial charge in [0.1, 0.15) is 46.8 Å². The van der Waals surface area contributed by atoms with E-state index in [1.165, 1.54) is 24.3 Å². The zero-order valence-electron chi connectivity index (χ0n) is 47.2. The number of hydrogen-bond acceptors (Lipinski definition) is 13. The minimum atomic E-state index is -0.737. The van der Waals surface area contributed by atoms with Gasteiger partial charge < -0.3 is 40.5 Å². The summed E-state index contributed by atoms with van der Waals surface area (Å²) in [6.07, 6.45) is 20.9. The van der Waals surface area contributed by atoms with Crippen LogP contribution in [0.25, 0.3) is 43.4 Å². The van der Waals surface area contributed by atoms with Gasteiger partial charge in [-0.05, 0) is 105 Å². The van der Waals surface area contributed by atoms with Crippen LogP contribution in [-0.4, -0.2) is 122 Å². The molecule has 15 nitrogen and oxygen atoms in total. The monoisotopic (exact) mass is 1120 g/mol. The Labute approximate surface area is 478 Å². The molecule has 3 unspecified atom stereocenters. The van der Waals surface area contributed by atoms with Gasteiger partial charge >= 0.3 is 6.01 Å². The number of carbonyl (C=O) groups is 3. The van der Waals surface area contributed by atoms with Crippen molar-refractivity contribution in [2.75, 3.05) is 44.2 Å². The number of fused-ring (bicyclic) bond motifs is 4. The molecule has 7 heterocycles. The zero-order valence-corrected chi connectivity index (χ0v) is 48.0. The number of aromatic nitrogens is 4. The summed E-state index contributed by atoms with van der Waals surface area (Å²) < 4.78 is 38.6. The molecule has 3 aromatic heterocycles. The molecule has 18 heteroatoms. The predicted molar refractivity (Wildman–Crippen MR) is 314 cm³/mol. The van der Waals surface area contributed by atoms with E-state index in [0.717, 1.165) is 125 Å². The molecule has 4 fully saturated rings. The lowest BCUT2D eigenvalue weighted by molar-refractivity contribution is -0.143. The van der Waals surface area contributed by atoms with E-state index >= 15 is 8.78 Å². The van der Waals surface area contributed by atoms with Crippen LogP contribution in [0.5, 0.6) is 11.8 Å². The van der Waals surface area contributed by atoms with Crippen LogP contribution < -0.4 is 25.6 Å². The molecule has 0 aliphatic carbocycles. The van der Waals surface area contributed by atoms with Crippen LogP contribution in [0.4, 0.5) is 14.6 Å². The lowest BCUT2D eigenvalue weighted by Crippen LogP contribution is -2.57. The third-order valence-corrected chi connectivity index (χ3v) is 17.7. The van der Waals surface area contributed by atoms with Crippen molar-refractivity contribution in [3.63, 3.8) is 0 Å². The minimum Gasteiger partial charge on any atom is -0.508 e. The van der Waals surface area contributed by atoms with Gasteiger partial charge in [0.2, 0.25) is 17.7 Å². The second-order valence-electron chi connectivity index (χ2n) is 23.7. The highest BCUT2D eigenvalue weighted by Crippen LogP contribution is 2.40. The molecular weight excluding hydrogens is 1050 g/mol. The third-order valence-electron chi connectivity index (χ3n) is 16.7. The minimum absolute atomic E-state index is 0.0366. The smallest absolute Gasteiger partial charge is 0.319 e. The van der Waals surface area contributed by atoms with E-state index in [0.29, 0.717) is 67.7 Å².